The quantitative estimate of drug-likeness (QED) is 0.678. The van der Waals surface area contributed by atoms with Gasteiger partial charge in [-0.2, -0.15) is 0 Å². The van der Waals surface area contributed by atoms with Crippen molar-refractivity contribution in [3.05, 3.63) is 23.8 Å². The molecule has 0 aliphatic carbocycles. The summed E-state index contributed by atoms with van der Waals surface area (Å²) in [5.74, 6) is 0.952. The summed E-state index contributed by atoms with van der Waals surface area (Å²) < 4.78 is 16.1. The van der Waals surface area contributed by atoms with Gasteiger partial charge in [0, 0.05) is 6.61 Å². The molecule has 4 nitrogen and oxygen atoms in total. The molecule has 0 amide bonds. The number of Topliss-reactive ketones (excluding diaryl/α,β-unsaturated/α-hetero) is 1. The molecule has 1 atom stereocenters. The van der Waals surface area contributed by atoms with E-state index in [2.05, 4.69) is 0 Å². The minimum absolute atomic E-state index is 0.0852. The second-order valence-electron chi connectivity index (χ2n) is 4.13. The lowest BCUT2D eigenvalue weighted by Crippen LogP contribution is -2.25. The van der Waals surface area contributed by atoms with Gasteiger partial charge in [0.15, 0.2) is 5.78 Å². The van der Waals surface area contributed by atoms with Crippen molar-refractivity contribution in [2.75, 3.05) is 20.8 Å². The average Bonchev–Trinajstić information content (AvgIpc) is 2.45. The largest absolute Gasteiger partial charge is 0.496 e. The normalized spacial score (nSPS) is 12.0. The first-order valence-corrected chi connectivity index (χ1v) is 6.56. The van der Waals surface area contributed by atoms with Crippen LogP contribution in [0.5, 0.6) is 11.5 Å². The number of methoxy groups -OCH3 is 2. The van der Waals surface area contributed by atoms with Crippen molar-refractivity contribution >= 4 is 5.78 Å². The number of hydrogen-bond acceptors (Lipinski definition) is 4. The monoisotopic (exact) mass is 266 g/mol. The number of carbonyl (C=O) groups excluding carboxylic acids is 1. The molecule has 106 valence electrons. The summed E-state index contributed by atoms with van der Waals surface area (Å²) in [5, 5.41) is 0. The van der Waals surface area contributed by atoms with Crippen LogP contribution in [0.2, 0.25) is 0 Å². The Hall–Kier alpha value is -1.55. The molecule has 0 aliphatic heterocycles. The Morgan fingerprint density at radius 2 is 1.74 bits per heavy atom. The summed E-state index contributed by atoms with van der Waals surface area (Å²) >= 11 is 0. The average molecular weight is 266 g/mol. The first-order chi connectivity index (χ1) is 9.19. The molecule has 0 saturated carbocycles. The van der Waals surface area contributed by atoms with E-state index in [0.29, 0.717) is 30.1 Å². The fourth-order valence-electron chi connectivity index (χ4n) is 2.01. The number of rotatable bonds is 8. The highest BCUT2D eigenvalue weighted by atomic mass is 16.5. The zero-order chi connectivity index (χ0) is 14.3. The maximum atomic E-state index is 12.6. The molecule has 1 unspecified atom stereocenters. The molecule has 4 heteroatoms. The minimum Gasteiger partial charge on any atom is -0.496 e. The summed E-state index contributed by atoms with van der Waals surface area (Å²) in [4.78, 5) is 12.6. The van der Waals surface area contributed by atoms with E-state index in [1.165, 1.54) is 0 Å². The van der Waals surface area contributed by atoms with Crippen LogP contribution in [-0.2, 0) is 4.74 Å². The van der Waals surface area contributed by atoms with Crippen LogP contribution in [0.3, 0.4) is 0 Å². The van der Waals surface area contributed by atoms with E-state index in [-0.39, 0.29) is 5.78 Å². The smallest absolute Gasteiger partial charge is 0.199 e. The summed E-state index contributed by atoms with van der Waals surface area (Å²) in [5.41, 5.74) is 0.458. The maximum Gasteiger partial charge on any atom is 0.199 e. The highest BCUT2D eigenvalue weighted by Gasteiger charge is 2.26. The molecule has 0 spiro atoms. The molecule has 0 bridgehead atoms. The SMILES string of the molecule is CCCC(OCC)C(=O)c1c(OC)cccc1OC. The lowest BCUT2D eigenvalue weighted by Gasteiger charge is -2.18. The van der Waals surface area contributed by atoms with Crippen LogP contribution in [0.4, 0.5) is 0 Å². The molecule has 1 aromatic carbocycles. The van der Waals surface area contributed by atoms with E-state index < -0.39 is 6.10 Å². The summed E-state index contributed by atoms with van der Waals surface area (Å²) in [6.45, 7) is 4.42. The van der Waals surface area contributed by atoms with Crippen LogP contribution in [0, 0.1) is 0 Å². The van der Waals surface area contributed by atoms with Gasteiger partial charge < -0.3 is 14.2 Å². The number of ether oxygens (including phenoxy) is 3. The lowest BCUT2D eigenvalue weighted by molar-refractivity contribution is 0.0418. The second kappa shape index (κ2) is 7.79. The highest BCUT2D eigenvalue weighted by molar-refractivity contribution is 6.04. The van der Waals surface area contributed by atoms with E-state index in [4.69, 9.17) is 14.2 Å². The van der Waals surface area contributed by atoms with Crippen molar-refractivity contribution in [2.45, 2.75) is 32.8 Å². The first-order valence-electron chi connectivity index (χ1n) is 6.56. The van der Waals surface area contributed by atoms with Gasteiger partial charge >= 0.3 is 0 Å². The molecule has 0 fully saturated rings. The Morgan fingerprint density at radius 1 is 1.16 bits per heavy atom. The van der Waals surface area contributed by atoms with Gasteiger partial charge in [-0.1, -0.05) is 19.4 Å². The zero-order valence-electron chi connectivity index (χ0n) is 12.1. The van der Waals surface area contributed by atoms with Crippen molar-refractivity contribution in [2.24, 2.45) is 0 Å². The molecular formula is C15H22O4. The van der Waals surface area contributed by atoms with Crippen LogP contribution in [-0.4, -0.2) is 32.7 Å². The van der Waals surface area contributed by atoms with Gasteiger partial charge in [-0.3, -0.25) is 4.79 Å². The van der Waals surface area contributed by atoms with Crippen LogP contribution >= 0.6 is 0 Å². The molecule has 0 saturated heterocycles. The molecule has 0 aromatic heterocycles. The van der Waals surface area contributed by atoms with Gasteiger partial charge in [-0.05, 0) is 25.5 Å². The van der Waals surface area contributed by atoms with Crippen molar-refractivity contribution in [3.8, 4) is 11.5 Å². The van der Waals surface area contributed by atoms with Crippen LogP contribution in [0.1, 0.15) is 37.0 Å². The molecule has 0 radical (unpaired) electrons. The minimum atomic E-state index is -0.444. The van der Waals surface area contributed by atoms with Crippen LogP contribution in [0.15, 0.2) is 18.2 Å². The molecule has 0 heterocycles. The topological polar surface area (TPSA) is 44.8 Å². The summed E-state index contributed by atoms with van der Waals surface area (Å²) in [6, 6.07) is 5.30. The van der Waals surface area contributed by atoms with E-state index in [0.717, 1.165) is 6.42 Å². The number of benzene rings is 1. The van der Waals surface area contributed by atoms with Gasteiger partial charge in [-0.15, -0.1) is 0 Å². The Morgan fingerprint density at radius 3 is 2.16 bits per heavy atom. The van der Waals surface area contributed by atoms with Crippen molar-refractivity contribution < 1.29 is 19.0 Å². The number of carbonyl (C=O) groups is 1. The number of hydrogen-bond donors (Lipinski definition) is 0. The van der Waals surface area contributed by atoms with E-state index in [1.807, 2.05) is 13.8 Å². The zero-order valence-corrected chi connectivity index (χ0v) is 12.1. The van der Waals surface area contributed by atoms with Crippen LogP contribution in [0.25, 0.3) is 0 Å². The van der Waals surface area contributed by atoms with E-state index in [1.54, 1.807) is 32.4 Å². The standard InChI is InChI=1S/C15H22O4/c1-5-8-13(19-6-2)15(16)14-11(17-3)9-7-10-12(14)18-4/h7,9-10,13H,5-6,8H2,1-4H3. The molecule has 0 N–H and O–H groups in total. The predicted octanol–water partition coefficient (Wildman–Crippen LogP) is 3.09. The van der Waals surface area contributed by atoms with Gasteiger partial charge in [0.2, 0.25) is 0 Å². The van der Waals surface area contributed by atoms with Crippen molar-refractivity contribution in [1.82, 2.24) is 0 Å². The fourth-order valence-corrected chi connectivity index (χ4v) is 2.01. The van der Waals surface area contributed by atoms with Gasteiger partial charge in [-0.25, -0.2) is 0 Å². The molecular weight excluding hydrogens is 244 g/mol. The Balaban J connectivity index is 3.14. The first kappa shape index (κ1) is 15.5. The predicted molar refractivity (Wildman–Crippen MR) is 74.2 cm³/mol. The van der Waals surface area contributed by atoms with E-state index in [9.17, 15) is 4.79 Å². The molecule has 1 aromatic rings. The molecule has 1 rings (SSSR count). The summed E-state index contributed by atoms with van der Waals surface area (Å²) in [7, 11) is 3.09. The van der Waals surface area contributed by atoms with E-state index >= 15 is 0 Å². The third kappa shape index (κ3) is 3.70. The Labute approximate surface area is 114 Å². The Kier molecular flexibility index (Phi) is 6.36. The number of ketones is 1. The highest BCUT2D eigenvalue weighted by Crippen LogP contribution is 2.30. The fraction of sp³-hybridized carbons (Fsp3) is 0.533. The third-order valence-corrected chi connectivity index (χ3v) is 2.89. The Bertz CT molecular complexity index is 386. The molecule has 19 heavy (non-hydrogen) atoms. The van der Waals surface area contributed by atoms with Gasteiger partial charge in [0.25, 0.3) is 0 Å². The third-order valence-electron chi connectivity index (χ3n) is 2.89. The second-order valence-corrected chi connectivity index (χ2v) is 4.13. The molecule has 0 aliphatic rings. The summed E-state index contributed by atoms with van der Waals surface area (Å²) in [6.07, 6.45) is 1.13. The van der Waals surface area contributed by atoms with Crippen LogP contribution < -0.4 is 9.47 Å². The lowest BCUT2D eigenvalue weighted by atomic mass is 10.0. The van der Waals surface area contributed by atoms with Crippen molar-refractivity contribution in [1.29, 1.82) is 0 Å². The van der Waals surface area contributed by atoms with Crippen molar-refractivity contribution in [3.63, 3.8) is 0 Å². The maximum absolute atomic E-state index is 12.6. The van der Waals surface area contributed by atoms with Gasteiger partial charge in [0.05, 0.1) is 14.2 Å². The van der Waals surface area contributed by atoms with Gasteiger partial charge in [0.1, 0.15) is 23.2 Å².